The summed E-state index contributed by atoms with van der Waals surface area (Å²) in [5.74, 6) is 0. The van der Waals surface area contributed by atoms with Crippen LogP contribution in [0.3, 0.4) is 0 Å². The Labute approximate surface area is 157 Å². The second kappa shape index (κ2) is 7.88. The molecule has 0 unspecified atom stereocenters. The fraction of sp³-hybridized carbons (Fsp3) is 0.389. The van der Waals surface area contributed by atoms with Crippen LogP contribution >= 0.6 is 22.9 Å². The van der Waals surface area contributed by atoms with Crippen molar-refractivity contribution in [2.75, 3.05) is 19.6 Å². The van der Waals surface area contributed by atoms with Crippen LogP contribution in [0.25, 0.3) is 0 Å². The number of thiophene rings is 1. The summed E-state index contributed by atoms with van der Waals surface area (Å²) in [6, 6.07) is 12.2. The maximum Gasteiger partial charge on any atom is 0.181 e. The number of sulfone groups is 1. The van der Waals surface area contributed by atoms with Crippen molar-refractivity contribution in [3.8, 4) is 6.07 Å². The minimum absolute atomic E-state index is 0.318. The molecular formula is C18H19ClN2O2S2. The van der Waals surface area contributed by atoms with Crippen LogP contribution in [-0.2, 0) is 16.3 Å². The summed E-state index contributed by atoms with van der Waals surface area (Å²) in [6.07, 6.45) is 2.24. The van der Waals surface area contributed by atoms with Gasteiger partial charge in [-0.2, -0.15) is 5.26 Å². The average Bonchev–Trinajstić information content (AvgIpc) is 3.06. The first-order chi connectivity index (χ1) is 12.0. The number of benzene rings is 1. The third-order valence-corrected chi connectivity index (χ3v) is 8.16. The third kappa shape index (κ3) is 4.42. The van der Waals surface area contributed by atoms with Crippen LogP contribution in [0, 0.1) is 11.3 Å². The standard InChI is InChI=1S/C18H19ClN2O2S2/c19-18-6-3-15(24-18)7-10-21-11-8-17(9-12-21)25(22,23)16-4-1-14(13-20)2-5-16/h1-6,17H,7-12H2. The largest absolute Gasteiger partial charge is 0.303 e. The Balaban J connectivity index is 1.56. The number of piperidine rings is 1. The maximum absolute atomic E-state index is 12.8. The number of hydrogen-bond acceptors (Lipinski definition) is 5. The maximum atomic E-state index is 12.8. The quantitative estimate of drug-likeness (QED) is 0.774. The summed E-state index contributed by atoms with van der Waals surface area (Å²) < 4.78 is 26.3. The van der Waals surface area contributed by atoms with Crippen LogP contribution in [-0.4, -0.2) is 38.2 Å². The first-order valence-electron chi connectivity index (χ1n) is 8.19. The number of nitrogens with zero attached hydrogens (tertiary/aromatic N) is 2. The molecule has 1 aliphatic rings. The van der Waals surface area contributed by atoms with E-state index in [0.717, 1.165) is 30.4 Å². The molecule has 0 aliphatic carbocycles. The minimum atomic E-state index is -3.33. The Morgan fingerprint density at radius 2 is 1.84 bits per heavy atom. The number of hydrogen-bond donors (Lipinski definition) is 0. The van der Waals surface area contributed by atoms with Crippen LogP contribution in [0.1, 0.15) is 23.3 Å². The van der Waals surface area contributed by atoms with E-state index in [0.29, 0.717) is 23.3 Å². The molecule has 0 amide bonds. The topological polar surface area (TPSA) is 61.2 Å². The third-order valence-electron chi connectivity index (χ3n) is 4.59. The van der Waals surface area contributed by atoms with Gasteiger partial charge in [0.25, 0.3) is 0 Å². The van der Waals surface area contributed by atoms with Gasteiger partial charge in [0.05, 0.1) is 26.1 Å². The van der Waals surface area contributed by atoms with Gasteiger partial charge < -0.3 is 4.90 Å². The van der Waals surface area contributed by atoms with E-state index in [2.05, 4.69) is 11.0 Å². The Kier molecular flexibility index (Phi) is 5.80. The number of rotatable bonds is 5. The fourth-order valence-electron chi connectivity index (χ4n) is 3.11. The first kappa shape index (κ1) is 18.4. The van der Waals surface area contributed by atoms with Gasteiger partial charge >= 0.3 is 0 Å². The predicted octanol–water partition coefficient (Wildman–Crippen LogP) is 3.75. The van der Waals surface area contributed by atoms with Crippen LogP contribution < -0.4 is 0 Å². The highest BCUT2D eigenvalue weighted by Gasteiger charge is 2.31. The molecule has 0 atom stereocenters. The minimum Gasteiger partial charge on any atom is -0.303 e. The van der Waals surface area contributed by atoms with Gasteiger partial charge in [-0.25, -0.2) is 8.42 Å². The van der Waals surface area contributed by atoms with Crippen molar-refractivity contribution in [3.05, 3.63) is 51.2 Å². The van der Waals surface area contributed by atoms with E-state index in [9.17, 15) is 8.42 Å². The van der Waals surface area contributed by atoms with Gasteiger partial charge in [-0.15, -0.1) is 11.3 Å². The molecule has 0 radical (unpaired) electrons. The van der Waals surface area contributed by atoms with Gasteiger partial charge in [-0.1, -0.05) is 11.6 Å². The molecule has 0 bridgehead atoms. The molecule has 0 spiro atoms. The van der Waals surface area contributed by atoms with E-state index in [4.69, 9.17) is 16.9 Å². The first-order valence-corrected chi connectivity index (χ1v) is 10.9. The molecule has 4 nitrogen and oxygen atoms in total. The Morgan fingerprint density at radius 3 is 2.40 bits per heavy atom. The average molecular weight is 395 g/mol. The van der Waals surface area contributed by atoms with Crippen LogP contribution in [0.4, 0.5) is 0 Å². The van der Waals surface area contributed by atoms with Gasteiger partial charge in [0.2, 0.25) is 0 Å². The van der Waals surface area contributed by atoms with Gasteiger partial charge in [0.15, 0.2) is 9.84 Å². The molecular weight excluding hydrogens is 376 g/mol. The second-order valence-electron chi connectivity index (χ2n) is 6.18. The summed E-state index contributed by atoms with van der Waals surface area (Å²) in [5, 5.41) is 8.49. The Bertz CT molecular complexity index is 861. The molecule has 3 rings (SSSR count). The van der Waals surface area contributed by atoms with E-state index < -0.39 is 9.84 Å². The Morgan fingerprint density at radius 1 is 1.16 bits per heavy atom. The van der Waals surface area contributed by atoms with Crippen molar-refractivity contribution < 1.29 is 8.42 Å². The van der Waals surface area contributed by atoms with E-state index in [1.165, 1.54) is 4.88 Å². The van der Waals surface area contributed by atoms with Crippen LogP contribution in [0.2, 0.25) is 4.34 Å². The lowest BCUT2D eigenvalue weighted by molar-refractivity contribution is 0.233. The fourth-order valence-corrected chi connectivity index (χ4v) is 5.92. The van der Waals surface area contributed by atoms with Gasteiger partial charge in [0.1, 0.15) is 0 Å². The molecule has 25 heavy (non-hydrogen) atoms. The lowest BCUT2D eigenvalue weighted by Crippen LogP contribution is -2.40. The van der Waals surface area contributed by atoms with E-state index in [-0.39, 0.29) is 5.25 Å². The van der Waals surface area contributed by atoms with Crippen molar-refractivity contribution in [1.82, 2.24) is 4.90 Å². The normalized spacial score (nSPS) is 16.6. The van der Waals surface area contributed by atoms with Crippen LogP contribution in [0.5, 0.6) is 0 Å². The molecule has 0 N–H and O–H groups in total. The molecule has 7 heteroatoms. The summed E-state index contributed by atoms with van der Waals surface area (Å²) in [7, 11) is -3.33. The molecule has 1 fully saturated rings. The Hall–Kier alpha value is -1.39. The van der Waals surface area contributed by atoms with E-state index in [1.54, 1.807) is 35.6 Å². The molecule has 2 heterocycles. The summed E-state index contributed by atoms with van der Waals surface area (Å²) in [4.78, 5) is 3.90. The summed E-state index contributed by atoms with van der Waals surface area (Å²) in [6.45, 7) is 2.51. The number of nitriles is 1. The van der Waals surface area contributed by atoms with E-state index in [1.807, 2.05) is 12.1 Å². The number of likely N-dealkylation sites (tertiary alicyclic amines) is 1. The highest BCUT2D eigenvalue weighted by Crippen LogP contribution is 2.26. The van der Waals surface area contributed by atoms with Crippen molar-refractivity contribution in [2.24, 2.45) is 0 Å². The van der Waals surface area contributed by atoms with Crippen molar-refractivity contribution >= 4 is 32.8 Å². The molecule has 1 saturated heterocycles. The molecule has 1 aromatic carbocycles. The molecule has 132 valence electrons. The summed E-state index contributed by atoms with van der Waals surface area (Å²) in [5.41, 5.74) is 0.474. The highest BCUT2D eigenvalue weighted by molar-refractivity contribution is 7.92. The molecule has 1 aliphatic heterocycles. The molecule has 2 aromatic rings. The van der Waals surface area contributed by atoms with Crippen molar-refractivity contribution in [3.63, 3.8) is 0 Å². The van der Waals surface area contributed by atoms with Gasteiger partial charge in [-0.05, 0) is 68.8 Å². The highest BCUT2D eigenvalue weighted by atomic mass is 35.5. The van der Waals surface area contributed by atoms with Crippen molar-refractivity contribution in [1.29, 1.82) is 5.26 Å². The summed E-state index contributed by atoms with van der Waals surface area (Å²) >= 11 is 7.55. The zero-order valence-electron chi connectivity index (χ0n) is 13.7. The smallest absolute Gasteiger partial charge is 0.181 e. The zero-order valence-corrected chi connectivity index (χ0v) is 16.1. The van der Waals surface area contributed by atoms with Crippen LogP contribution in [0.15, 0.2) is 41.3 Å². The van der Waals surface area contributed by atoms with Crippen molar-refractivity contribution in [2.45, 2.75) is 29.4 Å². The lowest BCUT2D eigenvalue weighted by Gasteiger charge is -2.31. The number of halogens is 1. The monoisotopic (exact) mass is 394 g/mol. The second-order valence-corrected chi connectivity index (χ2v) is 10.2. The molecule has 0 saturated carbocycles. The predicted molar refractivity (Wildman–Crippen MR) is 101 cm³/mol. The van der Waals surface area contributed by atoms with Gasteiger partial charge in [-0.3, -0.25) is 0 Å². The molecule has 1 aromatic heterocycles. The zero-order chi connectivity index (χ0) is 17.9. The SMILES string of the molecule is N#Cc1ccc(S(=O)(=O)C2CCN(CCc3ccc(Cl)s3)CC2)cc1. The van der Waals surface area contributed by atoms with E-state index >= 15 is 0 Å². The van der Waals surface area contributed by atoms with Gasteiger partial charge in [0, 0.05) is 11.4 Å². The lowest BCUT2D eigenvalue weighted by atomic mass is 10.1.